The highest BCUT2D eigenvalue weighted by Crippen LogP contribution is 2.46. The van der Waals surface area contributed by atoms with Crippen LogP contribution in [0, 0.1) is 6.92 Å². The first kappa shape index (κ1) is 15.9. The van der Waals surface area contributed by atoms with Crippen molar-refractivity contribution >= 4 is 27.7 Å². The summed E-state index contributed by atoms with van der Waals surface area (Å²) in [5.74, 6) is 0. The topological polar surface area (TPSA) is 3.24 Å². The Morgan fingerprint density at radius 3 is 2.07 bits per heavy atom. The van der Waals surface area contributed by atoms with Gasteiger partial charge in [0.05, 0.1) is 5.70 Å². The fourth-order valence-electron chi connectivity index (χ4n) is 4.17. The second kappa shape index (κ2) is 6.14. The molecule has 130 valence electrons. The van der Waals surface area contributed by atoms with E-state index < -0.39 is 0 Å². The molecule has 0 spiro atoms. The van der Waals surface area contributed by atoms with Crippen molar-refractivity contribution in [3.8, 4) is 0 Å². The molecule has 0 unspecified atom stereocenters. The number of benzene rings is 4. The SMILES string of the molecule is Cc1ccc(C2=C(c3ccccc3)c3cccc4cccc(c34)N2C)cc1. The third-order valence-corrected chi connectivity index (χ3v) is 5.47. The maximum Gasteiger partial charge on any atom is 0.0567 e. The van der Waals surface area contributed by atoms with E-state index >= 15 is 0 Å². The Balaban J connectivity index is 1.91. The van der Waals surface area contributed by atoms with Crippen molar-refractivity contribution in [2.75, 3.05) is 11.9 Å². The van der Waals surface area contributed by atoms with Crippen LogP contribution in [-0.2, 0) is 0 Å². The summed E-state index contributed by atoms with van der Waals surface area (Å²) in [5.41, 5.74) is 8.90. The van der Waals surface area contributed by atoms with Crippen molar-refractivity contribution in [3.05, 3.63) is 113 Å². The Hall–Kier alpha value is -3.32. The zero-order valence-corrected chi connectivity index (χ0v) is 15.6. The van der Waals surface area contributed by atoms with Crippen molar-refractivity contribution in [1.29, 1.82) is 0 Å². The molecular formula is C26H21N. The van der Waals surface area contributed by atoms with Gasteiger partial charge in [0.25, 0.3) is 0 Å². The van der Waals surface area contributed by atoms with Crippen LogP contribution in [0.3, 0.4) is 0 Å². The molecule has 1 nitrogen and oxygen atoms in total. The van der Waals surface area contributed by atoms with Crippen LogP contribution >= 0.6 is 0 Å². The van der Waals surface area contributed by atoms with Crippen LogP contribution in [0.15, 0.2) is 91.0 Å². The molecule has 27 heavy (non-hydrogen) atoms. The lowest BCUT2D eigenvalue weighted by molar-refractivity contribution is 1.22. The molecule has 1 heterocycles. The average molecular weight is 347 g/mol. The molecule has 0 N–H and O–H groups in total. The van der Waals surface area contributed by atoms with Gasteiger partial charge in [-0.1, -0.05) is 90.5 Å². The molecule has 0 aliphatic carbocycles. The number of nitrogens with zero attached hydrogens (tertiary/aromatic N) is 1. The van der Waals surface area contributed by atoms with Crippen LogP contribution in [0.5, 0.6) is 0 Å². The fraction of sp³-hybridized carbons (Fsp3) is 0.0769. The maximum absolute atomic E-state index is 2.35. The largest absolute Gasteiger partial charge is 0.343 e. The quantitative estimate of drug-likeness (QED) is 0.399. The third kappa shape index (κ3) is 2.47. The van der Waals surface area contributed by atoms with Gasteiger partial charge in [0, 0.05) is 23.7 Å². The summed E-state index contributed by atoms with van der Waals surface area (Å²) in [4.78, 5) is 2.35. The first-order chi connectivity index (χ1) is 13.2. The highest BCUT2D eigenvalue weighted by molar-refractivity contribution is 6.17. The van der Waals surface area contributed by atoms with Crippen LogP contribution < -0.4 is 4.90 Å². The molecule has 0 aromatic heterocycles. The standard InChI is InChI=1S/C26H21N/c1-18-14-16-21(17-15-18)26-25(20-8-4-3-5-9-20)22-12-6-10-19-11-7-13-23(24(19)22)27(26)2/h3-17H,1-2H3. The number of anilines is 1. The first-order valence-electron chi connectivity index (χ1n) is 9.36. The van der Waals surface area contributed by atoms with Crippen molar-refractivity contribution in [3.63, 3.8) is 0 Å². The van der Waals surface area contributed by atoms with Crippen LogP contribution in [0.2, 0.25) is 0 Å². The average Bonchev–Trinajstić information content (AvgIpc) is 2.72. The van der Waals surface area contributed by atoms with Crippen molar-refractivity contribution in [2.24, 2.45) is 0 Å². The van der Waals surface area contributed by atoms with E-state index in [4.69, 9.17) is 0 Å². The number of rotatable bonds is 2. The third-order valence-electron chi connectivity index (χ3n) is 5.47. The highest BCUT2D eigenvalue weighted by atomic mass is 15.1. The van der Waals surface area contributed by atoms with Gasteiger partial charge in [-0.15, -0.1) is 0 Å². The first-order valence-corrected chi connectivity index (χ1v) is 9.36. The summed E-state index contributed by atoms with van der Waals surface area (Å²) in [5, 5.41) is 2.62. The predicted octanol–water partition coefficient (Wildman–Crippen LogP) is 6.51. The summed E-state index contributed by atoms with van der Waals surface area (Å²) in [6.07, 6.45) is 0. The van der Waals surface area contributed by atoms with Crippen molar-refractivity contribution in [2.45, 2.75) is 6.92 Å². The molecular weight excluding hydrogens is 326 g/mol. The monoisotopic (exact) mass is 347 g/mol. The molecule has 4 aromatic rings. The van der Waals surface area contributed by atoms with Crippen LogP contribution in [0.25, 0.3) is 22.0 Å². The predicted molar refractivity (Wildman–Crippen MR) is 116 cm³/mol. The highest BCUT2D eigenvalue weighted by Gasteiger charge is 2.26. The Morgan fingerprint density at radius 2 is 1.33 bits per heavy atom. The number of aryl methyl sites for hydroxylation is 1. The van der Waals surface area contributed by atoms with E-state index in [-0.39, 0.29) is 0 Å². The summed E-state index contributed by atoms with van der Waals surface area (Å²) in [7, 11) is 2.18. The molecule has 0 fully saturated rings. The van der Waals surface area contributed by atoms with E-state index in [9.17, 15) is 0 Å². The van der Waals surface area contributed by atoms with Crippen LogP contribution in [0.1, 0.15) is 22.3 Å². The Labute approximate surface area is 160 Å². The Morgan fingerprint density at radius 1 is 0.630 bits per heavy atom. The molecule has 0 bridgehead atoms. The summed E-state index contributed by atoms with van der Waals surface area (Å²) in [6.45, 7) is 2.14. The van der Waals surface area contributed by atoms with Gasteiger partial charge in [0.15, 0.2) is 0 Å². The van der Waals surface area contributed by atoms with Crippen LogP contribution in [-0.4, -0.2) is 7.05 Å². The second-order valence-corrected chi connectivity index (χ2v) is 7.20. The smallest absolute Gasteiger partial charge is 0.0567 e. The van der Waals surface area contributed by atoms with Gasteiger partial charge in [-0.25, -0.2) is 0 Å². The molecule has 4 aromatic carbocycles. The van der Waals surface area contributed by atoms with Gasteiger partial charge in [0.1, 0.15) is 0 Å². The van der Waals surface area contributed by atoms with Gasteiger partial charge in [-0.3, -0.25) is 0 Å². The maximum atomic E-state index is 2.35. The van der Waals surface area contributed by atoms with Gasteiger partial charge in [-0.2, -0.15) is 0 Å². The molecule has 0 amide bonds. The van der Waals surface area contributed by atoms with Crippen molar-refractivity contribution < 1.29 is 0 Å². The van der Waals surface area contributed by atoms with Gasteiger partial charge < -0.3 is 4.90 Å². The van der Waals surface area contributed by atoms with E-state index in [0.29, 0.717) is 0 Å². The minimum atomic E-state index is 1.24. The minimum Gasteiger partial charge on any atom is -0.343 e. The summed E-state index contributed by atoms with van der Waals surface area (Å²) < 4.78 is 0. The fourth-order valence-corrected chi connectivity index (χ4v) is 4.17. The van der Waals surface area contributed by atoms with E-state index in [1.807, 2.05) is 0 Å². The summed E-state index contributed by atoms with van der Waals surface area (Å²) >= 11 is 0. The lowest BCUT2D eigenvalue weighted by atomic mass is 9.85. The van der Waals surface area contributed by atoms with Crippen molar-refractivity contribution in [1.82, 2.24) is 0 Å². The Kier molecular flexibility index (Phi) is 3.61. The van der Waals surface area contributed by atoms with Gasteiger partial charge in [-0.05, 0) is 35.1 Å². The molecule has 1 heteroatoms. The van der Waals surface area contributed by atoms with Gasteiger partial charge >= 0.3 is 0 Å². The van der Waals surface area contributed by atoms with Crippen LogP contribution in [0.4, 0.5) is 5.69 Å². The lowest BCUT2D eigenvalue weighted by Crippen LogP contribution is -2.21. The zero-order valence-electron chi connectivity index (χ0n) is 15.6. The molecule has 0 radical (unpaired) electrons. The molecule has 0 atom stereocenters. The van der Waals surface area contributed by atoms with Gasteiger partial charge in [0.2, 0.25) is 0 Å². The lowest BCUT2D eigenvalue weighted by Gasteiger charge is -2.33. The van der Waals surface area contributed by atoms with E-state index in [1.54, 1.807) is 0 Å². The van der Waals surface area contributed by atoms with E-state index in [1.165, 1.54) is 50.0 Å². The minimum absolute atomic E-state index is 1.24. The number of hydrogen-bond acceptors (Lipinski definition) is 1. The summed E-state index contributed by atoms with van der Waals surface area (Å²) in [6, 6.07) is 32.8. The molecule has 1 aliphatic rings. The molecule has 0 saturated carbocycles. The molecule has 0 saturated heterocycles. The normalized spacial score (nSPS) is 13.3. The zero-order chi connectivity index (χ0) is 18.4. The molecule has 5 rings (SSSR count). The van der Waals surface area contributed by atoms with E-state index in [0.717, 1.165) is 0 Å². The Bertz CT molecular complexity index is 1160. The molecule has 1 aliphatic heterocycles. The number of hydrogen-bond donors (Lipinski definition) is 0. The van der Waals surface area contributed by atoms with E-state index in [2.05, 4.69) is 110 Å². The second-order valence-electron chi connectivity index (χ2n) is 7.20.